The van der Waals surface area contributed by atoms with Crippen LogP contribution in [0.2, 0.25) is 0 Å². The van der Waals surface area contributed by atoms with Gasteiger partial charge in [-0.2, -0.15) is 0 Å². The molecule has 2 amide bonds. The van der Waals surface area contributed by atoms with Crippen LogP contribution in [0.4, 0.5) is 0 Å². The lowest BCUT2D eigenvalue weighted by Crippen LogP contribution is -2.50. The van der Waals surface area contributed by atoms with E-state index in [0.717, 1.165) is 25.8 Å². The summed E-state index contributed by atoms with van der Waals surface area (Å²) < 4.78 is 0. The number of carbonyl (C=O) groups is 2. The minimum Gasteiger partial charge on any atom is -0.354 e. The van der Waals surface area contributed by atoms with Crippen LogP contribution in [0.5, 0.6) is 0 Å². The maximum absolute atomic E-state index is 11.5. The van der Waals surface area contributed by atoms with Gasteiger partial charge in [-0.1, -0.05) is 0 Å². The Morgan fingerprint density at radius 2 is 2.20 bits per heavy atom. The highest BCUT2D eigenvalue weighted by Crippen LogP contribution is 2.16. The molecular formula is C10H19N3O2. The Morgan fingerprint density at radius 1 is 1.47 bits per heavy atom. The third-order valence-electron chi connectivity index (χ3n) is 2.71. The van der Waals surface area contributed by atoms with Gasteiger partial charge in [-0.25, -0.2) is 0 Å². The van der Waals surface area contributed by atoms with Crippen LogP contribution in [-0.2, 0) is 9.59 Å². The van der Waals surface area contributed by atoms with E-state index in [-0.39, 0.29) is 24.4 Å². The Hall–Kier alpha value is -1.10. The second-order valence-electron chi connectivity index (χ2n) is 3.88. The molecule has 0 unspecified atom stereocenters. The van der Waals surface area contributed by atoms with Crippen molar-refractivity contribution in [1.82, 2.24) is 10.2 Å². The molecule has 1 heterocycles. The summed E-state index contributed by atoms with van der Waals surface area (Å²) in [4.78, 5) is 24.1. The van der Waals surface area contributed by atoms with Crippen LogP contribution >= 0.6 is 0 Å². The van der Waals surface area contributed by atoms with Gasteiger partial charge in [-0.05, 0) is 19.3 Å². The second kappa shape index (κ2) is 5.70. The van der Waals surface area contributed by atoms with E-state index in [9.17, 15) is 9.59 Å². The number of rotatable bonds is 3. The molecule has 0 saturated carbocycles. The monoisotopic (exact) mass is 213 g/mol. The summed E-state index contributed by atoms with van der Waals surface area (Å²) in [6.45, 7) is 2.84. The lowest BCUT2D eigenvalue weighted by molar-refractivity contribution is -0.133. The molecule has 1 aliphatic heterocycles. The zero-order chi connectivity index (χ0) is 11.3. The Balaban J connectivity index is 2.49. The van der Waals surface area contributed by atoms with Crippen molar-refractivity contribution in [1.29, 1.82) is 0 Å². The number of likely N-dealkylation sites (tertiary alicyclic amines) is 1. The summed E-state index contributed by atoms with van der Waals surface area (Å²) in [5.41, 5.74) is 5.34. The first-order valence-corrected chi connectivity index (χ1v) is 5.39. The number of amides is 2. The maximum Gasteiger partial charge on any atom is 0.236 e. The van der Waals surface area contributed by atoms with E-state index < -0.39 is 0 Å². The van der Waals surface area contributed by atoms with E-state index in [1.165, 1.54) is 6.92 Å². The van der Waals surface area contributed by atoms with Gasteiger partial charge >= 0.3 is 0 Å². The summed E-state index contributed by atoms with van der Waals surface area (Å²) in [5.74, 6) is -0.0780. The molecule has 0 bridgehead atoms. The zero-order valence-corrected chi connectivity index (χ0v) is 9.16. The number of carbonyl (C=O) groups excluding carboxylic acids is 2. The molecule has 1 fully saturated rings. The van der Waals surface area contributed by atoms with Crippen LogP contribution in [0.3, 0.4) is 0 Å². The highest BCUT2D eigenvalue weighted by molar-refractivity contribution is 5.78. The molecule has 0 aromatic carbocycles. The van der Waals surface area contributed by atoms with Gasteiger partial charge in [-0.3, -0.25) is 9.59 Å². The van der Waals surface area contributed by atoms with Crippen LogP contribution in [-0.4, -0.2) is 42.4 Å². The fourth-order valence-electron chi connectivity index (χ4n) is 1.92. The molecule has 86 valence electrons. The maximum atomic E-state index is 11.5. The molecular weight excluding hydrogens is 194 g/mol. The van der Waals surface area contributed by atoms with Crippen molar-refractivity contribution < 1.29 is 9.59 Å². The number of nitrogens with one attached hydrogen (secondary N) is 1. The number of hydrogen-bond donors (Lipinski definition) is 2. The van der Waals surface area contributed by atoms with Crippen molar-refractivity contribution >= 4 is 11.8 Å². The van der Waals surface area contributed by atoms with Crippen molar-refractivity contribution in [2.45, 2.75) is 32.2 Å². The first-order chi connectivity index (χ1) is 7.15. The third-order valence-corrected chi connectivity index (χ3v) is 2.71. The lowest BCUT2D eigenvalue weighted by Gasteiger charge is -2.35. The predicted molar refractivity (Wildman–Crippen MR) is 57.1 cm³/mol. The van der Waals surface area contributed by atoms with Gasteiger partial charge in [0.15, 0.2) is 0 Å². The Bertz CT molecular complexity index is 243. The van der Waals surface area contributed by atoms with Gasteiger partial charge in [0, 0.05) is 26.1 Å². The number of piperidine rings is 1. The highest BCUT2D eigenvalue weighted by Gasteiger charge is 2.25. The first kappa shape index (κ1) is 12.0. The van der Waals surface area contributed by atoms with Crippen molar-refractivity contribution in [3.63, 3.8) is 0 Å². The predicted octanol–water partition coefficient (Wildman–Crippen LogP) is -0.538. The van der Waals surface area contributed by atoms with Crippen LogP contribution < -0.4 is 11.1 Å². The minimum atomic E-state index is -0.0549. The fourth-order valence-corrected chi connectivity index (χ4v) is 1.92. The van der Waals surface area contributed by atoms with Crippen LogP contribution in [0.15, 0.2) is 0 Å². The molecule has 1 aliphatic rings. The molecule has 1 atom stereocenters. The second-order valence-corrected chi connectivity index (χ2v) is 3.88. The summed E-state index contributed by atoms with van der Waals surface area (Å²) in [7, 11) is 0. The molecule has 1 saturated heterocycles. The molecule has 0 aromatic rings. The van der Waals surface area contributed by atoms with Crippen LogP contribution in [0, 0.1) is 0 Å². The first-order valence-electron chi connectivity index (χ1n) is 5.39. The van der Waals surface area contributed by atoms with Gasteiger partial charge < -0.3 is 16.0 Å². The molecule has 0 aliphatic carbocycles. The van der Waals surface area contributed by atoms with Gasteiger partial charge in [0.1, 0.15) is 0 Å². The molecule has 0 radical (unpaired) electrons. The van der Waals surface area contributed by atoms with Gasteiger partial charge in [0.05, 0.1) is 6.54 Å². The Labute approximate surface area is 90.0 Å². The molecule has 0 spiro atoms. The van der Waals surface area contributed by atoms with E-state index in [1.807, 2.05) is 0 Å². The smallest absolute Gasteiger partial charge is 0.236 e. The van der Waals surface area contributed by atoms with Crippen molar-refractivity contribution in [3.8, 4) is 0 Å². The van der Waals surface area contributed by atoms with Crippen molar-refractivity contribution in [2.75, 3.05) is 19.6 Å². The minimum absolute atomic E-state index is 0.0231. The van der Waals surface area contributed by atoms with E-state index in [0.29, 0.717) is 6.54 Å². The van der Waals surface area contributed by atoms with E-state index in [4.69, 9.17) is 5.73 Å². The molecule has 3 N–H and O–H groups in total. The molecule has 1 rings (SSSR count). The van der Waals surface area contributed by atoms with Crippen LogP contribution in [0.25, 0.3) is 0 Å². The topological polar surface area (TPSA) is 75.4 Å². The molecule has 15 heavy (non-hydrogen) atoms. The number of hydrogen-bond acceptors (Lipinski definition) is 3. The largest absolute Gasteiger partial charge is 0.354 e. The average molecular weight is 213 g/mol. The summed E-state index contributed by atoms with van der Waals surface area (Å²) in [6.07, 6.45) is 3.09. The fraction of sp³-hybridized carbons (Fsp3) is 0.800. The quantitative estimate of drug-likeness (QED) is 0.661. The summed E-state index contributed by atoms with van der Waals surface area (Å²) in [5, 5.41) is 2.75. The average Bonchev–Trinajstić information content (AvgIpc) is 2.25. The summed E-state index contributed by atoms with van der Waals surface area (Å²) >= 11 is 0. The molecule has 0 aromatic heterocycles. The number of nitrogens with two attached hydrogens (primary N) is 1. The van der Waals surface area contributed by atoms with E-state index in [2.05, 4.69) is 5.32 Å². The molecule has 5 nitrogen and oxygen atoms in total. The lowest BCUT2D eigenvalue weighted by atomic mass is 10.0. The standard InChI is InChI=1S/C10H19N3O2/c1-8(14)12-7-9-4-2-3-5-13(9)10(15)6-11/h9H,2-7,11H2,1H3,(H,12,14)/t9-/m1/s1. The highest BCUT2D eigenvalue weighted by atomic mass is 16.2. The van der Waals surface area contributed by atoms with Gasteiger partial charge in [0.2, 0.25) is 11.8 Å². The third kappa shape index (κ3) is 3.51. The summed E-state index contributed by atoms with van der Waals surface area (Å²) in [6, 6.07) is 0.124. The van der Waals surface area contributed by atoms with E-state index in [1.54, 1.807) is 4.90 Å². The Kier molecular flexibility index (Phi) is 4.55. The molecule has 5 heteroatoms. The normalized spacial score (nSPS) is 21.2. The van der Waals surface area contributed by atoms with Crippen molar-refractivity contribution in [2.24, 2.45) is 5.73 Å². The van der Waals surface area contributed by atoms with Crippen LogP contribution in [0.1, 0.15) is 26.2 Å². The van der Waals surface area contributed by atoms with Gasteiger partial charge in [0.25, 0.3) is 0 Å². The Morgan fingerprint density at radius 3 is 2.80 bits per heavy atom. The zero-order valence-electron chi connectivity index (χ0n) is 9.16. The van der Waals surface area contributed by atoms with Gasteiger partial charge in [-0.15, -0.1) is 0 Å². The SMILES string of the molecule is CC(=O)NC[C@H]1CCCCN1C(=O)CN. The number of nitrogens with zero attached hydrogens (tertiary/aromatic N) is 1. The van der Waals surface area contributed by atoms with E-state index >= 15 is 0 Å². The van der Waals surface area contributed by atoms with Crippen molar-refractivity contribution in [3.05, 3.63) is 0 Å².